The van der Waals surface area contributed by atoms with Gasteiger partial charge in [0.05, 0.1) is 11.4 Å². The maximum atomic E-state index is 13.5. The molecule has 3 heterocycles. The highest BCUT2D eigenvalue weighted by Crippen LogP contribution is 2.48. The third-order valence-corrected chi connectivity index (χ3v) is 6.50. The molecule has 0 spiro atoms. The second kappa shape index (κ2) is 6.83. The number of thiophene rings is 1. The number of fused-ring (bicyclic) bond motifs is 1. The number of hydrogen-bond donors (Lipinski definition) is 0. The van der Waals surface area contributed by atoms with Crippen molar-refractivity contribution in [1.82, 2.24) is 0 Å². The minimum atomic E-state index is -0.824. The van der Waals surface area contributed by atoms with Crippen LogP contribution in [0.15, 0.2) is 66.0 Å². The smallest absolute Gasteiger partial charge is 0.266 e. The minimum absolute atomic E-state index is 0.205. The van der Waals surface area contributed by atoms with E-state index in [0.29, 0.717) is 5.69 Å². The molecule has 2 aliphatic rings. The van der Waals surface area contributed by atoms with Gasteiger partial charge in [0.2, 0.25) is 5.91 Å². The number of hydroxylamine groups is 1. The van der Waals surface area contributed by atoms with Crippen LogP contribution in [0.3, 0.4) is 0 Å². The van der Waals surface area contributed by atoms with Gasteiger partial charge in [0, 0.05) is 4.88 Å². The molecule has 3 atom stereocenters. The standard InChI is InChI=1S/C23H20N2O3S/c1-14-10-11-17(15(2)13-14)24-22(26)19-20(18-9-6-12-29-18)25(28-21(19)23(24)27)16-7-4-3-5-8-16/h3-13,19-21H,1-2H3/t19-,20-,21-/m1/s1. The fourth-order valence-electron chi connectivity index (χ4n) is 4.26. The van der Waals surface area contributed by atoms with Crippen LogP contribution >= 0.6 is 11.3 Å². The Bertz CT molecular complexity index is 1080. The molecule has 5 nitrogen and oxygen atoms in total. The summed E-state index contributed by atoms with van der Waals surface area (Å²) in [6.07, 6.45) is -0.824. The van der Waals surface area contributed by atoms with Gasteiger partial charge in [0.25, 0.3) is 5.91 Å². The van der Waals surface area contributed by atoms with Gasteiger partial charge in [-0.15, -0.1) is 11.3 Å². The zero-order valence-electron chi connectivity index (χ0n) is 16.1. The molecule has 5 rings (SSSR count). The molecular formula is C23H20N2O3S. The van der Waals surface area contributed by atoms with Gasteiger partial charge < -0.3 is 0 Å². The van der Waals surface area contributed by atoms with Crippen molar-refractivity contribution in [1.29, 1.82) is 0 Å². The molecule has 2 fully saturated rings. The second-order valence-electron chi connectivity index (χ2n) is 7.48. The van der Waals surface area contributed by atoms with Crippen LogP contribution < -0.4 is 9.96 Å². The van der Waals surface area contributed by atoms with Crippen LogP contribution in [0.5, 0.6) is 0 Å². The van der Waals surface area contributed by atoms with Crippen LogP contribution in [0.25, 0.3) is 0 Å². The number of rotatable bonds is 3. The number of aryl methyl sites for hydroxylation is 2. The van der Waals surface area contributed by atoms with Crippen molar-refractivity contribution >= 4 is 34.5 Å². The number of nitrogens with zero attached hydrogens (tertiary/aromatic N) is 2. The third-order valence-electron chi connectivity index (χ3n) is 5.55. The maximum Gasteiger partial charge on any atom is 0.266 e. The normalized spacial score (nSPS) is 23.7. The summed E-state index contributed by atoms with van der Waals surface area (Å²) in [5.74, 6) is -1.09. The molecule has 2 amide bonds. The lowest BCUT2D eigenvalue weighted by Gasteiger charge is -2.28. The molecule has 0 saturated carbocycles. The number of hydrogen-bond acceptors (Lipinski definition) is 5. The van der Waals surface area contributed by atoms with E-state index in [0.717, 1.165) is 21.7 Å². The van der Waals surface area contributed by atoms with Gasteiger partial charge in [-0.3, -0.25) is 14.4 Å². The van der Waals surface area contributed by atoms with Gasteiger partial charge in [-0.05, 0) is 49.1 Å². The van der Waals surface area contributed by atoms with E-state index in [4.69, 9.17) is 4.84 Å². The number of imide groups is 1. The van der Waals surface area contributed by atoms with Gasteiger partial charge in [-0.2, -0.15) is 0 Å². The van der Waals surface area contributed by atoms with Crippen LogP contribution in [0.4, 0.5) is 11.4 Å². The van der Waals surface area contributed by atoms with Crippen LogP contribution in [0.1, 0.15) is 22.0 Å². The highest BCUT2D eigenvalue weighted by atomic mass is 32.1. The summed E-state index contributed by atoms with van der Waals surface area (Å²) in [5.41, 5.74) is 3.46. The molecule has 0 radical (unpaired) electrons. The van der Waals surface area contributed by atoms with Crippen molar-refractivity contribution in [2.24, 2.45) is 5.92 Å². The second-order valence-corrected chi connectivity index (χ2v) is 8.45. The quantitative estimate of drug-likeness (QED) is 0.607. The lowest BCUT2D eigenvalue weighted by molar-refractivity contribution is -0.126. The van der Waals surface area contributed by atoms with Gasteiger partial charge >= 0.3 is 0 Å². The molecule has 0 unspecified atom stereocenters. The molecule has 29 heavy (non-hydrogen) atoms. The first-order valence-corrected chi connectivity index (χ1v) is 10.4. The van der Waals surface area contributed by atoms with E-state index in [1.165, 1.54) is 4.90 Å². The number of para-hydroxylation sites is 1. The Morgan fingerprint density at radius 2 is 1.72 bits per heavy atom. The molecule has 0 N–H and O–H groups in total. The van der Waals surface area contributed by atoms with E-state index in [9.17, 15) is 9.59 Å². The van der Waals surface area contributed by atoms with Crippen LogP contribution in [0.2, 0.25) is 0 Å². The number of anilines is 2. The molecule has 0 aliphatic carbocycles. The first-order valence-electron chi connectivity index (χ1n) is 9.56. The van der Waals surface area contributed by atoms with E-state index >= 15 is 0 Å². The van der Waals surface area contributed by atoms with E-state index in [2.05, 4.69) is 0 Å². The Labute approximate surface area is 173 Å². The predicted octanol–water partition coefficient (Wildman–Crippen LogP) is 4.42. The van der Waals surface area contributed by atoms with Crippen molar-refractivity contribution in [3.8, 4) is 0 Å². The third kappa shape index (κ3) is 2.79. The van der Waals surface area contributed by atoms with E-state index in [1.807, 2.05) is 79.9 Å². The van der Waals surface area contributed by atoms with Gasteiger partial charge in [-0.25, -0.2) is 9.96 Å². The molecule has 146 valence electrons. The highest BCUT2D eigenvalue weighted by Gasteiger charge is 2.60. The van der Waals surface area contributed by atoms with Crippen molar-refractivity contribution in [2.75, 3.05) is 9.96 Å². The Hall–Kier alpha value is -2.96. The lowest BCUT2D eigenvalue weighted by atomic mass is 9.95. The predicted molar refractivity (Wildman–Crippen MR) is 113 cm³/mol. The number of carbonyl (C=O) groups is 2. The van der Waals surface area contributed by atoms with E-state index < -0.39 is 12.0 Å². The first-order chi connectivity index (χ1) is 14.1. The fraction of sp³-hybridized carbons (Fsp3) is 0.217. The Morgan fingerprint density at radius 1 is 0.931 bits per heavy atom. The summed E-state index contributed by atoms with van der Waals surface area (Å²) in [7, 11) is 0. The summed E-state index contributed by atoms with van der Waals surface area (Å²) in [5, 5.41) is 3.71. The van der Waals surface area contributed by atoms with Crippen molar-refractivity contribution in [3.05, 3.63) is 82.0 Å². The lowest BCUT2D eigenvalue weighted by Crippen LogP contribution is -2.37. The Kier molecular flexibility index (Phi) is 4.26. The Morgan fingerprint density at radius 3 is 2.41 bits per heavy atom. The summed E-state index contributed by atoms with van der Waals surface area (Å²) in [4.78, 5) is 35.3. The fourth-order valence-corrected chi connectivity index (χ4v) is 5.11. The van der Waals surface area contributed by atoms with Crippen molar-refractivity contribution in [3.63, 3.8) is 0 Å². The van der Waals surface area contributed by atoms with Crippen molar-refractivity contribution < 1.29 is 14.4 Å². The zero-order chi connectivity index (χ0) is 20.1. The molecule has 3 aromatic rings. The van der Waals surface area contributed by atoms with Crippen molar-refractivity contribution in [2.45, 2.75) is 26.0 Å². The summed E-state index contributed by atoms with van der Waals surface area (Å²) >= 11 is 1.57. The number of benzene rings is 2. The molecule has 2 aromatic carbocycles. The number of carbonyl (C=O) groups excluding carboxylic acids is 2. The van der Waals surface area contributed by atoms with Crippen LogP contribution in [0, 0.1) is 19.8 Å². The van der Waals surface area contributed by atoms with Gasteiger partial charge in [0.1, 0.15) is 12.0 Å². The van der Waals surface area contributed by atoms with E-state index in [-0.39, 0.29) is 17.9 Å². The SMILES string of the molecule is Cc1ccc(N2C(=O)[C@@H]3[C@@H](c4cccs4)N(c4ccccc4)O[C@H]3C2=O)c(C)c1. The monoisotopic (exact) mass is 404 g/mol. The van der Waals surface area contributed by atoms with E-state index in [1.54, 1.807) is 16.4 Å². The van der Waals surface area contributed by atoms with Crippen LogP contribution in [-0.4, -0.2) is 17.9 Å². The zero-order valence-corrected chi connectivity index (χ0v) is 16.9. The van der Waals surface area contributed by atoms with Gasteiger partial charge in [-0.1, -0.05) is 42.0 Å². The largest absolute Gasteiger partial charge is 0.273 e. The molecule has 6 heteroatoms. The molecule has 2 saturated heterocycles. The van der Waals surface area contributed by atoms with Gasteiger partial charge in [0.15, 0.2) is 6.10 Å². The average Bonchev–Trinajstić information content (AvgIpc) is 3.41. The summed E-state index contributed by atoms with van der Waals surface area (Å²) in [6, 6.07) is 19.0. The number of amides is 2. The molecule has 1 aromatic heterocycles. The topological polar surface area (TPSA) is 49.9 Å². The highest BCUT2D eigenvalue weighted by molar-refractivity contribution is 7.10. The van der Waals surface area contributed by atoms with Crippen LogP contribution in [-0.2, 0) is 14.4 Å². The Balaban J connectivity index is 1.58. The summed E-state index contributed by atoms with van der Waals surface area (Å²) in [6.45, 7) is 3.91. The molecule has 0 bridgehead atoms. The summed E-state index contributed by atoms with van der Waals surface area (Å²) < 4.78 is 0. The minimum Gasteiger partial charge on any atom is -0.273 e. The maximum absolute atomic E-state index is 13.5. The average molecular weight is 404 g/mol. The first kappa shape index (κ1) is 18.1. The molecule has 2 aliphatic heterocycles. The molecular weight excluding hydrogens is 384 g/mol.